The SMILES string of the molecule is Cn1cc(CNC(=O)C[C@@H]2NC(=O)N(CCc3cccc(F)c3)C2=O)c2ccccc21. The molecule has 0 bridgehead atoms. The van der Waals surface area contributed by atoms with Crippen molar-refractivity contribution in [2.24, 2.45) is 7.05 Å². The van der Waals surface area contributed by atoms with Crippen LogP contribution in [0.25, 0.3) is 10.9 Å². The molecule has 1 aliphatic rings. The van der Waals surface area contributed by atoms with Gasteiger partial charge in [-0.3, -0.25) is 14.5 Å². The summed E-state index contributed by atoms with van der Waals surface area (Å²) < 4.78 is 15.3. The van der Waals surface area contributed by atoms with Gasteiger partial charge in [0.1, 0.15) is 11.9 Å². The summed E-state index contributed by atoms with van der Waals surface area (Å²) in [6.07, 6.45) is 2.17. The number of nitrogens with one attached hydrogen (secondary N) is 2. The van der Waals surface area contributed by atoms with E-state index in [0.717, 1.165) is 21.4 Å². The van der Waals surface area contributed by atoms with Crippen LogP contribution in [0.1, 0.15) is 17.5 Å². The number of para-hydroxylation sites is 1. The molecular weight excluding hydrogens is 399 g/mol. The van der Waals surface area contributed by atoms with Gasteiger partial charge < -0.3 is 15.2 Å². The van der Waals surface area contributed by atoms with Crippen molar-refractivity contribution in [3.8, 4) is 0 Å². The minimum absolute atomic E-state index is 0.127. The first kappa shape index (κ1) is 20.6. The lowest BCUT2D eigenvalue weighted by molar-refractivity contribution is -0.130. The Morgan fingerprint density at radius 1 is 1.16 bits per heavy atom. The number of hydrogen-bond acceptors (Lipinski definition) is 3. The van der Waals surface area contributed by atoms with Crippen molar-refractivity contribution in [1.29, 1.82) is 0 Å². The van der Waals surface area contributed by atoms with Crippen molar-refractivity contribution in [3.63, 3.8) is 0 Å². The standard InChI is InChI=1S/C23H23FN4O3/c1-27-14-16(18-7-2-3-8-20(18)27)13-25-21(29)12-19-22(30)28(23(31)26-19)10-9-15-5-4-6-17(24)11-15/h2-8,11,14,19H,9-10,12-13H2,1H3,(H,25,29)(H,26,31)/t19-/m0/s1. The van der Waals surface area contributed by atoms with E-state index < -0.39 is 18.0 Å². The van der Waals surface area contributed by atoms with Crippen LogP contribution in [0, 0.1) is 5.82 Å². The maximum absolute atomic E-state index is 13.3. The molecule has 2 heterocycles. The second-order valence-corrected chi connectivity index (χ2v) is 7.64. The summed E-state index contributed by atoms with van der Waals surface area (Å²) in [6, 6.07) is 12.5. The summed E-state index contributed by atoms with van der Waals surface area (Å²) >= 11 is 0. The van der Waals surface area contributed by atoms with Crippen LogP contribution in [-0.4, -0.2) is 39.9 Å². The van der Waals surface area contributed by atoms with Crippen LogP contribution in [0.4, 0.5) is 9.18 Å². The highest BCUT2D eigenvalue weighted by atomic mass is 19.1. The van der Waals surface area contributed by atoms with Gasteiger partial charge in [-0.2, -0.15) is 0 Å². The molecular formula is C23H23FN4O3. The van der Waals surface area contributed by atoms with Gasteiger partial charge in [0, 0.05) is 37.2 Å². The topological polar surface area (TPSA) is 83.4 Å². The van der Waals surface area contributed by atoms with Crippen molar-refractivity contribution in [2.75, 3.05) is 6.54 Å². The van der Waals surface area contributed by atoms with Gasteiger partial charge in [0.05, 0.1) is 6.42 Å². The molecule has 2 N–H and O–H groups in total. The smallest absolute Gasteiger partial charge is 0.324 e. The molecule has 4 rings (SSSR count). The number of rotatable bonds is 7. The minimum atomic E-state index is -0.896. The molecule has 0 unspecified atom stereocenters. The Balaban J connectivity index is 1.32. The van der Waals surface area contributed by atoms with E-state index in [2.05, 4.69) is 10.6 Å². The first-order valence-electron chi connectivity index (χ1n) is 10.1. The van der Waals surface area contributed by atoms with E-state index in [9.17, 15) is 18.8 Å². The molecule has 8 heteroatoms. The summed E-state index contributed by atoms with van der Waals surface area (Å²) in [6.45, 7) is 0.459. The monoisotopic (exact) mass is 422 g/mol. The van der Waals surface area contributed by atoms with Gasteiger partial charge in [-0.05, 0) is 35.7 Å². The van der Waals surface area contributed by atoms with Gasteiger partial charge >= 0.3 is 6.03 Å². The second kappa shape index (κ2) is 8.59. The average molecular weight is 422 g/mol. The fourth-order valence-electron chi connectivity index (χ4n) is 3.88. The van der Waals surface area contributed by atoms with Crippen LogP contribution in [0.2, 0.25) is 0 Å². The van der Waals surface area contributed by atoms with Gasteiger partial charge in [0.15, 0.2) is 0 Å². The number of carbonyl (C=O) groups excluding carboxylic acids is 3. The highest BCUT2D eigenvalue weighted by molar-refractivity contribution is 6.05. The van der Waals surface area contributed by atoms with Crippen LogP contribution in [0.5, 0.6) is 0 Å². The molecule has 31 heavy (non-hydrogen) atoms. The molecule has 1 saturated heterocycles. The van der Waals surface area contributed by atoms with Crippen LogP contribution >= 0.6 is 0 Å². The number of halogens is 1. The Bertz CT molecular complexity index is 1160. The van der Waals surface area contributed by atoms with Crippen LogP contribution < -0.4 is 10.6 Å². The predicted octanol–water partition coefficient (Wildman–Crippen LogP) is 2.49. The second-order valence-electron chi connectivity index (χ2n) is 7.64. The molecule has 1 atom stereocenters. The lowest BCUT2D eigenvalue weighted by Crippen LogP contribution is -2.36. The normalized spacial score (nSPS) is 16.1. The van der Waals surface area contributed by atoms with Crippen LogP contribution in [-0.2, 0) is 29.6 Å². The zero-order chi connectivity index (χ0) is 22.0. The lowest BCUT2D eigenvalue weighted by atomic mass is 10.1. The molecule has 7 nitrogen and oxygen atoms in total. The third kappa shape index (κ3) is 4.42. The molecule has 1 aromatic heterocycles. The summed E-state index contributed by atoms with van der Waals surface area (Å²) in [7, 11) is 1.94. The quantitative estimate of drug-likeness (QED) is 0.574. The number of amides is 4. The molecule has 0 spiro atoms. The Kier molecular flexibility index (Phi) is 5.70. The average Bonchev–Trinajstić information content (AvgIpc) is 3.21. The van der Waals surface area contributed by atoms with Crippen molar-refractivity contribution in [2.45, 2.75) is 25.4 Å². The van der Waals surface area contributed by atoms with E-state index in [4.69, 9.17) is 0 Å². The maximum Gasteiger partial charge on any atom is 0.324 e. The van der Waals surface area contributed by atoms with Crippen molar-refractivity contribution < 1.29 is 18.8 Å². The largest absolute Gasteiger partial charge is 0.352 e. The van der Waals surface area contributed by atoms with Crippen molar-refractivity contribution in [1.82, 2.24) is 20.1 Å². The van der Waals surface area contributed by atoms with E-state index in [1.807, 2.05) is 42.1 Å². The fraction of sp³-hybridized carbons (Fsp3) is 0.261. The van der Waals surface area contributed by atoms with Gasteiger partial charge in [-0.15, -0.1) is 0 Å². The number of benzene rings is 2. The van der Waals surface area contributed by atoms with E-state index in [0.29, 0.717) is 18.5 Å². The zero-order valence-electron chi connectivity index (χ0n) is 17.1. The summed E-state index contributed by atoms with van der Waals surface area (Å²) in [5.74, 6) is -1.13. The molecule has 1 aliphatic heterocycles. The molecule has 4 amide bonds. The van der Waals surface area contributed by atoms with Crippen molar-refractivity contribution >= 4 is 28.7 Å². The number of carbonyl (C=O) groups is 3. The number of aryl methyl sites for hydroxylation is 1. The van der Waals surface area contributed by atoms with Gasteiger partial charge in [-0.1, -0.05) is 30.3 Å². The zero-order valence-corrected chi connectivity index (χ0v) is 17.1. The molecule has 1 fully saturated rings. The third-order valence-corrected chi connectivity index (χ3v) is 5.47. The Morgan fingerprint density at radius 2 is 1.97 bits per heavy atom. The molecule has 0 saturated carbocycles. The van der Waals surface area contributed by atoms with E-state index >= 15 is 0 Å². The van der Waals surface area contributed by atoms with Crippen molar-refractivity contribution in [3.05, 3.63) is 71.7 Å². The third-order valence-electron chi connectivity index (χ3n) is 5.47. The minimum Gasteiger partial charge on any atom is -0.352 e. The molecule has 0 aliphatic carbocycles. The molecule has 0 radical (unpaired) electrons. The van der Waals surface area contributed by atoms with E-state index in [-0.39, 0.29) is 24.7 Å². The van der Waals surface area contributed by atoms with Gasteiger partial charge in [-0.25, -0.2) is 9.18 Å². The summed E-state index contributed by atoms with van der Waals surface area (Å²) in [5.41, 5.74) is 2.74. The number of fused-ring (bicyclic) bond motifs is 1. The van der Waals surface area contributed by atoms with Gasteiger partial charge in [0.2, 0.25) is 5.91 Å². The van der Waals surface area contributed by atoms with E-state index in [1.54, 1.807) is 12.1 Å². The molecule has 2 aromatic carbocycles. The number of imide groups is 1. The van der Waals surface area contributed by atoms with Crippen LogP contribution in [0.15, 0.2) is 54.7 Å². The Hall–Kier alpha value is -3.68. The summed E-state index contributed by atoms with van der Waals surface area (Å²) in [4.78, 5) is 38.2. The Morgan fingerprint density at radius 3 is 2.77 bits per heavy atom. The number of nitrogens with zero attached hydrogens (tertiary/aromatic N) is 2. The summed E-state index contributed by atoms with van der Waals surface area (Å²) in [5, 5.41) is 6.45. The highest BCUT2D eigenvalue weighted by Gasteiger charge is 2.38. The fourth-order valence-corrected chi connectivity index (χ4v) is 3.88. The Labute approximate surface area is 178 Å². The number of aromatic nitrogens is 1. The van der Waals surface area contributed by atoms with Gasteiger partial charge in [0.25, 0.3) is 5.91 Å². The molecule has 3 aromatic rings. The number of hydrogen-bond donors (Lipinski definition) is 2. The van der Waals surface area contributed by atoms with E-state index in [1.165, 1.54) is 12.1 Å². The predicted molar refractivity (Wildman–Crippen MR) is 114 cm³/mol. The highest BCUT2D eigenvalue weighted by Crippen LogP contribution is 2.20. The maximum atomic E-state index is 13.3. The lowest BCUT2D eigenvalue weighted by Gasteiger charge is -2.13. The first-order chi connectivity index (χ1) is 14.9. The molecule has 160 valence electrons. The van der Waals surface area contributed by atoms with Crippen LogP contribution in [0.3, 0.4) is 0 Å². The first-order valence-corrected chi connectivity index (χ1v) is 10.1. The number of urea groups is 1.